The molecule has 0 aliphatic carbocycles. The van der Waals surface area contributed by atoms with E-state index in [0.717, 1.165) is 6.07 Å². The number of nitrogen functional groups attached to an aromatic ring is 1. The highest BCUT2D eigenvalue weighted by molar-refractivity contribution is 7.84. The van der Waals surface area contributed by atoms with E-state index in [1.807, 2.05) is 0 Å². The lowest BCUT2D eigenvalue weighted by atomic mass is 10.1. The van der Waals surface area contributed by atoms with E-state index in [2.05, 4.69) is 5.32 Å². The molecular weight excluding hydrogens is 281 g/mol. The van der Waals surface area contributed by atoms with Crippen LogP contribution in [0.2, 0.25) is 0 Å². The summed E-state index contributed by atoms with van der Waals surface area (Å²) in [7, 11) is -1.08. The Morgan fingerprint density at radius 1 is 1.42 bits per heavy atom. The summed E-state index contributed by atoms with van der Waals surface area (Å²) in [5.41, 5.74) is 3.61. The van der Waals surface area contributed by atoms with Gasteiger partial charge in [0.1, 0.15) is 0 Å². The first-order valence-electron chi connectivity index (χ1n) is 5.26. The summed E-state index contributed by atoms with van der Waals surface area (Å²) in [4.78, 5) is 11.6. The lowest BCUT2D eigenvalue weighted by Gasteiger charge is -2.11. The molecule has 1 amide bonds. The Labute approximate surface area is 110 Å². The third kappa shape index (κ3) is 4.55. The lowest BCUT2D eigenvalue weighted by molar-refractivity contribution is -0.136. The smallest absolute Gasteiger partial charge is 0.398 e. The molecule has 0 bridgehead atoms. The van der Waals surface area contributed by atoms with Gasteiger partial charge in [0.25, 0.3) is 5.91 Å². The summed E-state index contributed by atoms with van der Waals surface area (Å²) in [6.07, 6.45) is -3.14. The maximum absolute atomic E-state index is 12.6. The first-order chi connectivity index (χ1) is 8.71. The molecule has 0 saturated heterocycles. The van der Waals surface area contributed by atoms with Crippen LogP contribution in [0.5, 0.6) is 0 Å². The van der Waals surface area contributed by atoms with Gasteiger partial charge in [0.15, 0.2) is 0 Å². The number of hydrogen-bond acceptors (Lipinski definition) is 3. The first kappa shape index (κ1) is 15.5. The van der Waals surface area contributed by atoms with E-state index in [1.54, 1.807) is 0 Å². The second kappa shape index (κ2) is 6.05. The molecule has 0 aliphatic heterocycles. The Morgan fingerprint density at radius 2 is 2.05 bits per heavy atom. The topological polar surface area (TPSA) is 72.2 Å². The van der Waals surface area contributed by atoms with Crippen molar-refractivity contribution in [2.24, 2.45) is 0 Å². The molecule has 1 aromatic carbocycles. The molecule has 0 heterocycles. The van der Waals surface area contributed by atoms with Crippen LogP contribution >= 0.6 is 0 Å². The average molecular weight is 294 g/mol. The van der Waals surface area contributed by atoms with Crippen LogP contribution < -0.4 is 11.1 Å². The molecule has 0 spiro atoms. The molecular formula is C11H13F3N2O2S. The van der Waals surface area contributed by atoms with E-state index < -0.39 is 34.1 Å². The van der Waals surface area contributed by atoms with Gasteiger partial charge in [-0.1, -0.05) is 0 Å². The van der Waals surface area contributed by atoms with Crippen molar-refractivity contribution in [3.8, 4) is 0 Å². The molecule has 1 aromatic rings. The maximum Gasteiger partial charge on any atom is 0.418 e. The van der Waals surface area contributed by atoms with Crippen LogP contribution in [-0.4, -0.2) is 28.7 Å². The van der Waals surface area contributed by atoms with Crippen LogP contribution in [0.15, 0.2) is 18.2 Å². The number of anilines is 1. The third-order valence-corrected chi connectivity index (χ3v) is 3.07. The Morgan fingerprint density at radius 3 is 2.58 bits per heavy atom. The van der Waals surface area contributed by atoms with Crippen LogP contribution in [0.1, 0.15) is 15.9 Å². The summed E-state index contributed by atoms with van der Waals surface area (Å²) in [5.74, 6) is -0.414. The number of carbonyl (C=O) groups is 1. The monoisotopic (exact) mass is 294 g/mol. The number of benzene rings is 1. The predicted octanol–water partition coefficient (Wildman–Crippen LogP) is 1.40. The van der Waals surface area contributed by atoms with Gasteiger partial charge in [0, 0.05) is 40.6 Å². The average Bonchev–Trinajstić information content (AvgIpc) is 2.27. The zero-order chi connectivity index (χ0) is 14.6. The first-order valence-corrected chi connectivity index (χ1v) is 6.99. The van der Waals surface area contributed by atoms with Crippen LogP contribution in [0, 0.1) is 0 Å². The molecule has 3 N–H and O–H groups in total. The van der Waals surface area contributed by atoms with Crippen LogP contribution in [0.4, 0.5) is 18.9 Å². The van der Waals surface area contributed by atoms with E-state index in [-0.39, 0.29) is 17.9 Å². The highest BCUT2D eigenvalue weighted by atomic mass is 32.2. The Hall–Kier alpha value is -1.57. The molecule has 19 heavy (non-hydrogen) atoms. The van der Waals surface area contributed by atoms with Gasteiger partial charge in [-0.3, -0.25) is 9.00 Å². The van der Waals surface area contributed by atoms with Crippen molar-refractivity contribution in [1.29, 1.82) is 0 Å². The third-order valence-electron chi connectivity index (χ3n) is 2.30. The lowest BCUT2D eigenvalue weighted by Crippen LogP contribution is -2.27. The quantitative estimate of drug-likeness (QED) is 0.824. The number of hydrogen-bond donors (Lipinski definition) is 2. The number of nitrogens with two attached hydrogens (primary N) is 1. The number of halogens is 3. The molecule has 0 aliphatic rings. The van der Waals surface area contributed by atoms with Crippen molar-refractivity contribution in [3.63, 3.8) is 0 Å². The molecule has 4 nitrogen and oxygen atoms in total. The van der Waals surface area contributed by atoms with Gasteiger partial charge in [-0.15, -0.1) is 0 Å². The van der Waals surface area contributed by atoms with E-state index in [0.29, 0.717) is 6.07 Å². The zero-order valence-corrected chi connectivity index (χ0v) is 10.9. The van der Waals surface area contributed by atoms with E-state index in [4.69, 9.17) is 5.73 Å². The molecule has 1 unspecified atom stereocenters. The Balaban J connectivity index is 2.84. The van der Waals surface area contributed by atoms with Gasteiger partial charge in [-0.2, -0.15) is 13.2 Å². The molecule has 1 atom stereocenters. The van der Waals surface area contributed by atoms with Gasteiger partial charge in [-0.05, 0) is 18.2 Å². The molecule has 0 saturated carbocycles. The van der Waals surface area contributed by atoms with Crippen molar-refractivity contribution in [3.05, 3.63) is 29.3 Å². The van der Waals surface area contributed by atoms with Crippen molar-refractivity contribution in [2.75, 3.05) is 24.3 Å². The molecule has 106 valence electrons. The number of amides is 1. The second-order valence-electron chi connectivity index (χ2n) is 3.83. The molecule has 8 heteroatoms. The fourth-order valence-corrected chi connectivity index (χ4v) is 1.74. The fraction of sp³-hybridized carbons (Fsp3) is 0.364. The van der Waals surface area contributed by atoms with Crippen LogP contribution in [0.25, 0.3) is 0 Å². The Kier molecular flexibility index (Phi) is 4.93. The summed E-state index contributed by atoms with van der Waals surface area (Å²) >= 11 is 0. The van der Waals surface area contributed by atoms with Crippen LogP contribution in [-0.2, 0) is 17.0 Å². The molecule has 0 aromatic heterocycles. The summed E-state index contributed by atoms with van der Waals surface area (Å²) in [6, 6.07) is 2.95. The van der Waals surface area contributed by atoms with E-state index >= 15 is 0 Å². The summed E-state index contributed by atoms with van der Waals surface area (Å²) in [5, 5.41) is 2.39. The Bertz CT molecular complexity index is 503. The predicted molar refractivity (Wildman–Crippen MR) is 67.1 cm³/mol. The molecule has 0 radical (unpaired) electrons. The normalized spacial score (nSPS) is 13.1. The van der Waals surface area contributed by atoms with E-state index in [9.17, 15) is 22.2 Å². The van der Waals surface area contributed by atoms with Crippen molar-refractivity contribution in [1.82, 2.24) is 5.32 Å². The minimum absolute atomic E-state index is 0.133. The minimum atomic E-state index is -4.61. The van der Waals surface area contributed by atoms with E-state index in [1.165, 1.54) is 12.3 Å². The van der Waals surface area contributed by atoms with Crippen LogP contribution in [0.3, 0.4) is 0 Å². The number of carbonyl (C=O) groups excluding carboxylic acids is 1. The highest BCUT2D eigenvalue weighted by Crippen LogP contribution is 2.33. The standard InChI is InChI=1S/C11H13F3N2O2S/c1-19(18)5-4-16-10(17)7-2-3-9(15)8(6-7)11(12,13)14/h2-3,6H,4-5,15H2,1H3,(H,16,17). The SMILES string of the molecule is CS(=O)CCNC(=O)c1ccc(N)c(C(F)(F)F)c1. The number of nitrogens with one attached hydrogen (secondary N) is 1. The number of alkyl halides is 3. The van der Waals surface area contributed by atoms with Gasteiger partial charge in [0.05, 0.1) is 5.56 Å². The van der Waals surface area contributed by atoms with Gasteiger partial charge in [-0.25, -0.2) is 0 Å². The zero-order valence-electron chi connectivity index (χ0n) is 10.1. The molecule has 0 fully saturated rings. The molecule has 1 rings (SSSR count). The van der Waals surface area contributed by atoms with Gasteiger partial charge < -0.3 is 11.1 Å². The second-order valence-corrected chi connectivity index (χ2v) is 5.39. The van der Waals surface area contributed by atoms with Crippen molar-refractivity contribution < 1.29 is 22.2 Å². The highest BCUT2D eigenvalue weighted by Gasteiger charge is 2.33. The maximum atomic E-state index is 12.6. The minimum Gasteiger partial charge on any atom is -0.398 e. The summed E-state index contributed by atoms with van der Waals surface area (Å²) < 4.78 is 48.6. The van der Waals surface area contributed by atoms with Crippen molar-refractivity contribution in [2.45, 2.75) is 6.18 Å². The van der Waals surface area contributed by atoms with Gasteiger partial charge in [0.2, 0.25) is 0 Å². The fourth-order valence-electron chi connectivity index (χ4n) is 1.35. The summed E-state index contributed by atoms with van der Waals surface area (Å²) in [6.45, 7) is 0.133. The van der Waals surface area contributed by atoms with Gasteiger partial charge >= 0.3 is 6.18 Å². The number of rotatable bonds is 4. The largest absolute Gasteiger partial charge is 0.418 e. The van der Waals surface area contributed by atoms with Crippen molar-refractivity contribution >= 4 is 22.4 Å².